The average molecular weight is 581 g/mol. The van der Waals surface area contributed by atoms with Crippen LogP contribution in [0.4, 0.5) is 18.9 Å². The Morgan fingerprint density at radius 2 is 1.93 bits per heavy atom. The summed E-state index contributed by atoms with van der Waals surface area (Å²) in [6.45, 7) is 13.8. The highest BCUT2D eigenvalue weighted by Gasteiger charge is 2.40. The number of nitrogens with zero attached hydrogens (tertiary/aromatic N) is 3. The predicted octanol–water partition coefficient (Wildman–Crippen LogP) is 8.68. The van der Waals surface area contributed by atoms with Crippen LogP contribution in [0.5, 0.6) is 0 Å². The van der Waals surface area contributed by atoms with Gasteiger partial charge < -0.3 is 0 Å². The molecule has 1 rings (SSSR count). The van der Waals surface area contributed by atoms with Crippen molar-refractivity contribution in [2.45, 2.75) is 79.3 Å². The number of hydrogen-bond donors (Lipinski definition) is 1. The van der Waals surface area contributed by atoms with Gasteiger partial charge in [-0.15, -0.1) is 0 Å². The van der Waals surface area contributed by atoms with E-state index in [0.29, 0.717) is 6.42 Å². The zero-order valence-corrected chi connectivity index (χ0v) is 26.0. The van der Waals surface area contributed by atoms with Gasteiger partial charge in [-0.25, -0.2) is 8.93 Å². The van der Waals surface area contributed by atoms with Gasteiger partial charge >= 0.3 is 6.18 Å². The van der Waals surface area contributed by atoms with Crippen LogP contribution in [0.2, 0.25) is 0 Å². The van der Waals surface area contributed by atoms with E-state index in [1.807, 2.05) is 58.5 Å². The quantitative estimate of drug-likeness (QED) is 0.167. The standard InChI is InChI=1S/C17H28F3NOS.C14H19N3/c1-5-7-9-15(11-10-14(3)8-6-2)16(17(18,19)20)12-13-23(22)21-4;1-5-8-17-14-11(3)16-9-7-13(14)12(6-2)10-15-4/h9-11,16,21H,3,5-8,12-13H2,1-2,4H3;6-10H,5H2,1-4H3/b11-10-,15-9+;12-6+,15-10?,17-8?. The van der Waals surface area contributed by atoms with Gasteiger partial charge in [0.05, 0.1) is 28.3 Å². The van der Waals surface area contributed by atoms with Crippen molar-refractivity contribution in [1.82, 2.24) is 9.71 Å². The van der Waals surface area contributed by atoms with Crippen LogP contribution in [0, 0.1) is 12.8 Å². The van der Waals surface area contributed by atoms with Crippen molar-refractivity contribution < 1.29 is 17.4 Å². The highest BCUT2D eigenvalue weighted by Crippen LogP contribution is 2.36. The van der Waals surface area contributed by atoms with Crippen LogP contribution in [-0.4, -0.2) is 47.6 Å². The molecule has 2 atom stereocenters. The van der Waals surface area contributed by atoms with Crippen LogP contribution in [0.15, 0.2) is 64.3 Å². The van der Waals surface area contributed by atoms with Crippen LogP contribution < -0.4 is 4.72 Å². The topological polar surface area (TPSA) is 66.7 Å². The molecule has 40 heavy (non-hydrogen) atoms. The number of halogens is 3. The third kappa shape index (κ3) is 14.7. The van der Waals surface area contributed by atoms with E-state index in [2.05, 4.69) is 33.2 Å². The lowest BCUT2D eigenvalue weighted by Crippen LogP contribution is -2.27. The Bertz CT molecular complexity index is 1070. The molecule has 224 valence electrons. The maximum absolute atomic E-state index is 13.4. The fourth-order valence-corrected chi connectivity index (χ4v) is 4.33. The molecule has 0 aliphatic heterocycles. The molecule has 0 saturated heterocycles. The summed E-state index contributed by atoms with van der Waals surface area (Å²) >= 11 is 0. The maximum atomic E-state index is 13.4. The molecule has 0 aliphatic carbocycles. The molecule has 1 N–H and O–H groups in total. The number of alkyl halides is 3. The highest BCUT2D eigenvalue weighted by molar-refractivity contribution is 7.82. The number of unbranched alkanes of at least 4 members (excludes halogenated alkanes) is 1. The van der Waals surface area contributed by atoms with Crippen molar-refractivity contribution in [3.8, 4) is 0 Å². The summed E-state index contributed by atoms with van der Waals surface area (Å²) in [5.41, 5.74) is 5.08. The zero-order valence-electron chi connectivity index (χ0n) is 25.1. The van der Waals surface area contributed by atoms with E-state index >= 15 is 0 Å². The van der Waals surface area contributed by atoms with Gasteiger partial charge in [-0.05, 0) is 63.8 Å². The molecule has 0 spiro atoms. The highest BCUT2D eigenvalue weighted by atomic mass is 32.2. The summed E-state index contributed by atoms with van der Waals surface area (Å²) in [5, 5.41) is 0. The summed E-state index contributed by atoms with van der Waals surface area (Å²) in [6, 6.07) is 1.98. The van der Waals surface area contributed by atoms with Crippen LogP contribution in [-0.2, 0) is 11.0 Å². The molecule has 0 bridgehead atoms. The second kappa shape index (κ2) is 21.1. The number of pyridine rings is 1. The first-order valence-electron chi connectivity index (χ1n) is 13.8. The SMILES string of the molecule is C/C=C(\C=NC)c1ccnc(C)c1N=CCC.C=C(/C=C\C(=C/CCC)C(CCS(=O)NC)C(F)(F)F)CCC. The van der Waals surface area contributed by atoms with E-state index in [-0.39, 0.29) is 17.7 Å². The van der Waals surface area contributed by atoms with Crippen molar-refractivity contribution in [3.63, 3.8) is 0 Å². The Morgan fingerprint density at radius 1 is 1.23 bits per heavy atom. The Morgan fingerprint density at radius 3 is 2.45 bits per heavy atom. The number of hydrogen-bond acceptors (Lipinski definition) is 4. The van der Waals surface area contributed by atoms with Crippen molar-refractivity contribution in [3.05, 3.63) is 65.5 Å². The van der Waals surface area contributed by atoms with E-state index < -0.39 is 23.1 Å². The summed E-state index contributed by atoms with van der Waals surface area (Å²) in [5.74, 6) is -1.63. The van der Waals surface area contributed by atoms with Crippen LogP contribution in [0.25, 0.3) is 5.57 Å². The van der Waals surface area contributed by atoms with Gasteiger partial charge in [-0.3, -0.25) is 15.0 Å². The second-order valence-corrected chi connectivity index (χ2v) is 10.5. The molecule has 5 nitrogen and oxygen atoms in total. The van der Waals surface area contributed by atoms with Gasteiger partial charge in [0.25, 0.3) is 0 Å². The van der Waals surface area contributed by atoms with E-state index in [4.69, 9.17) is 0 Å². The van der Waals surface area contributed by atoms with Gasteiger partial charge in [-0.2, -0.15) is 13.2 Å². The zero-order chi connectivity index (χ0) is 30.6. The first kappa shape index (κ1) is 37.4. The molecular weight excluding hydrogens is 533 g/mol. The van der Waals surface area contributed by atoms with Crippen LogP contribution >= 0.6 is 0 Å². The first-order valence-corrected chi connectivity index (χ1v) is 15.1. The molecule has 0 saturated carbocycles. The summed E-state index contributed by atoms with van der Waals surface area (Å²) in [6.07, 6.45) is 11.8. The monoisotopic (exact) mass is 580 g/mol. The van der Waals surface area contributed by atoms with Crippen molar-refractivity contribution in [2.24, 2.45) is 15.9 Å². The van der Waals surface area contributed by atoms with Gasteiger partial charge in [0.1, 0.15) is 0 Å². The van der Waals surface area contributed by atoms with Crippen molar-refractivity contribution >= 4 is 34.7 Å². The Hall–Kier alpha value is -2.65. The van der Waals surface area contributed by atoms with E-state index in [1.165, 1.54) is 13.1 Å². The Balaban J connectivity index is 0.000000793. The molecule has 0 fully saturated rings. The number of allylic oxidation sites excluding steroid dienone is 7. The number of aryl methyl sites for hydroxylation is 1. The minimum Gasteiger partial charge on any atom is -0.296 e. The molecule has 1 heterocycles. The van der Waals surface area contributed by atoms with E-state index in [1.54, 1.807) is 19.2 Å². The fraction of sp³-hybridized carbons (Fsp3) is 0.516. The van der Waals surface area contributed by atoms with Crippen LogP contribution in [0.3, 0.4) is 0 Å². The minimum atomic E-state index is -4.35. The number of rotatable bonds is 15. The van der Waals surface area contributed by atoms with Crippen LogP contribution in [0.1, 0.15) is 77.5 Å². The lowest BCUT2D eigenvalue weighted by atomic mass is 9.93. The van der Waals surface area contributed by atoms with Crippen molar-refractivity contribution in [2.75, 3.05) is 19.8 Å². The smallest absolute Gasteiger partial charge is 0.296 e. The lowest BCUT2D eigenvalue weighted by molar-refractivity contribution is -0.163. The summed E-state index contributed by atoms with van der Waals surface area (Å²) < 4.78 is 54.1. The molecule has 0 radical (unpaired) electrons. The Kier molecular flexibility index (Phi) is 19.7. The number of aliphatic imine (C=N–C) groups is 2. The van der Waals surface area contributed by atoms with E-state index in [0.717, 1.165) is 53.8 Å². The average Bonchev–Trinajstić information content (AvgIpc) is 2.91. The number of nitrogens with one attached hydrogen (secondary N) is 1. The molecule has 0 amide bonds. The predicted molar refractivity (Wildman–Crippen MR) is 168 cm³/mol. The summed E-state index contributed by atoms with van der Waals surface area (Å²) in [4.78, 5) is 12.8. The van der Waals surface area contributed by atoms with Gasteiger partial charge in [0, 0.05) is 37.0 Å². The number of aromatic nitrogens is 1. The van der Waals surface area contributed by atoms with Gasteiger partial charge in [0.2, 0.25) is 0 Å². The maximum Gasteiger partial charge on any atom is 0.395 e. The molecule has 9 heteroatoms. The molecule has 2 unspecified atom stereocenters. The second-order valence-electron chi connectivity index (χ2n) is 9.01. The fourth-order valence-electron chi connectivity index (χ4n) is 3.68. The third-order valence-corrected chi connectivity index (χ3v) is 6.83. The van der Waals surface area contributed by atoms with Gasteiger partial charge in [-0.1, -0.05) is 70.1 Å². The minimum absolute atomic E-state index is 0.0338. The Labute approximate surface area is 242 Å². The molecule has 1 aromatic rings. The first-order chi connectivity index (χ1) is 19.0. The third-order valence-electron chi connectivity index (χ3n) is 5.77. The van der Waals surface area contributed by atoms with Gasteiger partial charge in [0.15, 0.2) is 0 Å². The largest absolute Gasteiger partial charge is 0.395 e. The summed E-state index contributed by atoms with van der Waals surface area (Å²) in [7, 11) is 1.80. The lowest BCUT2D eigenvalue weighted by Gasteiger charge is -2.22. The molecular formula is C31H47F3N4OS. The molecule has 1 aromatic heterocycles. The van der Waals surface area contributed by atoms with Crippen molar-refractivity contribution in [1.29, 1.82) is 0 Å². The normalized spacial score (nSPS) is 14.6. The molecule has 0 aliphatic rings. The molecule has 0 aromatic carbocycles. The van der Waals surface area contributed by atoms with E-state index in [9.17, 15) is 17.4 Å².